The third-order valence-electron chi connectivity index (χ3n) is 3.84. The maximum atomic E-state index is 13.0. The molecule has 0 aliphatic heterocycles. The maximum absolute atomic E-state index is 13.0. The van der Waals surface area contributed by atoms with E-state index in [1.165, 1.54) is 0 Å². The second kappa shape index (κ2) is 8.44. The van der Waals surface area contributed by atoms with Crippen LogP contribution in [0.15, 0.2) is 60.7 Å². The molecule has 2 aromatic carbocycles. The number of carbonyl (C=O) groups excluding carboxylic acids is 2. The van der Waals surface area contributed by atoms with Crippen molar-refractivity contribution < 1.29 is 9.59 Å². The first-order valence-electron chi connectivity index (χ1n) is 8.44. The van der Waals surface area contributed by atoms with Gasteiger partial charge in [-0.2, -0.15) is 0 Å². The van der Waals surface area contributed by atoms with Crippen molar-refractivity contribution in [3.05, 3.63) is 60.7 Å². The number of anilines is 2. The Morgan fingerprint density at radius 1 is 0.792 bits per heavy atom. The molecule has 1 amide bonds. The van der Waals surface area contributed by atoms with E-state index < -0.39 is 0 Å². The van der Waals surface area contributed by atoms with Gasteiger partial charge in [0, 0.05) is 30.1 Å². The molecule has 126 valence electrons. The van der Waals surface area contributed by atoms with Gasteiger partial charge in [-0.3, -0.25) is 14.5 Å². The van der Waals surface area contributed by atoms with Crippen LogP contribution < -0.4 is 4.90 Å². The number of hydrogen-bond donors (Lipinski definition) is 0. The van der Waals surface area contributed by atoms with Gasteiger partial charge >= 0.3 is 0 Å². The smallest absolute Gasteiger partial charge is 0.234 e. The van der Waals surface area contributed by atoms with Crippen molar-refractivity contribution in [2.45, 2.75) is 33.6 Å². The molecular formula is C21H25NO2. The van der Waals surface area contributed by atoms with Gasteiger partial charge in [0.15, 0.2) is 0 Å². The number of rotatable bonds is 7. The average molecular weight is 323 g/mol. The third-order valence-corrected chi connectivity index (χ3v) is 3.84. The Morgan fingerprint density at radius 3 is 1.67 bits per heavy atom. The summed E-state index contributed by atoms with van der Waals surface area (Å²) in [4.78, 5) is 26.8. The maximum Gasteiger partial charge on any atom is 0.234 e. The van der Waals surface area contributed by atoms with E-state index >= 15 is 0 Å². The van der Waals surface area contributed by atoms with Gasteiger partial charge in [-0.05, 0) is 30.2 Å². The van der Waals surface area contributed by atoms with Crippen LogP contribution in [0, 0.1) is 11.8 Å². The molecule has 0 aliphatic rings. The monoisotopic (exact) mass is 323 g/mol. The molecule has 0 bridgehead atoms. The number of para-hydroxylation sites is 2. The van der Waals surface area contributed by atoms with Crippen LogP contribution in [0.1, 0.15) is 33.6 Å². The second-order valence-electron chi connectivity index (χ2n) is 6.59. The van der Waals surface area contributed by atoms with Crippen LogP contribution in [0.3, 0.4) is 0 Å². The molecule has 3 heteroatoms. The zero-order valence-corrected chi connectivity index (χ0v) is 14.6. The fourth-order valence-electron chi connectivity index (χ4n) is 2.75. The zero-order chi connectivity index (χ0) is 17.5. The van der Waals surface area contributed by atoms with Crippen LogP contribution in [0.2, 0.25) is 0 Å². The minimum absolute atomic E-state index is 0.0514. The highest BCUT2D eigenvalue weighted by molar-refractivity contribution is 6.03. The lowest BCUT2D eigenvalue weighted by atomic mass is 9.97. The lowest BCUT2D eigenvalue weighted by Gasteiger charge is -2.26. The van der Waals surface area contributed by atoms with Crippen molar-refractivity contribution in [1.82, 2.24) is 0 Å². The first-order valence-corrected chi connectivity index (χ1v) is 8.44. The SMILES string of the molecule is CC(C)CC(=O)C[C@@H](C)C(=O)N(c1ccccc1)c1ccccc1. The second-order valence-corrected chi connectivity index (χ2v) is 6.59. The number of ketones is 1. The standard InChI is InChI=1S/C21H25NO2/c1-16(2)14-20(23)15-17(3)21(24)22(18-10-6-4-7-11-18)19-12-8-5-9-13-19/h4-13,16-17H,14-15H2,1-3H3/t17-/m1/s1. The molecule has 0 N–H and O–H groups in total. The van der Waals surface area contributed by atoms with Gasteiger partial charge in [-0.15, -0.1) is 0 Å². The van der Waals surface area contributed by atoms with Crippen molar-refractivity contribution in [3.8, 4) is 0 Å². The largest absolute Gasteiger partial charge is 0.300 e. The lowest BCUT2D eigenvalue weighted by Crippen LogP contribution is -2.32. The van der Waals surface area contributed by atoms with E-state index in [9.17, 15) is 9.59 Å². The van der Waals surface area contributed by atoms with E-state index in [4.69, 9.17) is 0 Å². The number of Topliss-reactive ketones (excluding diaryl/α,β-unsaturated/α-hetero) is 1. The summed E-state index contributed by atoms with van der Waals surface area (Å²) in [7, 11) is 0. The van der Waals surface area contributed by atoms with Gasteiger partial charge in [-0.1, -0.05) is 57.2 Å². The molecule has 0 heterocycles. The summed E-state index contributed by atoms with van der Waals surface area (Å²) in [6, 6.07) is 19.1. The predicted octanol–water partition coefficient (Wildman–Crippen LogP) is 4.99. The van der Waals surface area contributed by atoms with E-state index in [1.807, 2.05) is 81.4 Å². The number of nitrogens with zero attached hydrogens (tertiary/aromatic N) is 1. The summed E-state index contributed by atoms with van der Waals surface area (Å²) < 4.78 is 0. The van der Waals surface area contributed by atoms with Crippen molar-refractivity contribution in [2.75, 3.05) is 4.90 Å². The molecule has 0 spiro atoms. The van der Waals surface area contributed by atoms with Crippen LogP contribution in [-0.2, 0) is 9.59 Å². The Balaban J connectivity index is 2.24. The van der Waals surface area contributed by atoms with E-state index in [0.717, 1.165) is 11.4 Å². The summed E-state index contributed by atoms with van der Waals surface area (Å²) >= 11 is 0. The first kappa shape index (κ1) is 17.9. The van der Waals surface area contributed by atoms with Crippen LogP contribution in [0.25, 0.3) is 0 Å². The highest BCUT2D eigenvalue weighted by Gasteiger charge is 2.25. The number of hydrogen-bond acceptors (Lipinski definition) is 2. The van der Waals surface area contributed by atoms with Gasteiger partial charge in [0.25, 0.3) is 0 Å². The summed E-state index contributed by atoms with van der Waals surface area (Å²) in [6.07, 6.45) is 0.807. The summed E-state index contributed by atoms with van der Waals surface area (Å²) in [5.41, 5.74) is 1.63. The Morgan fingerprint density at radius 2 is 1.25 bits per heavy atom. The summed E-state index contributed by atoms with van der Waals surface area (Å²) in [6.45, 7) is 5.87. The Kier molecular flexibility index (Phi) is 6.30. The van der Waals surface area contributed by atoms with Crippen LogP contribution in [0.5, 0.6) is 0 Å². The van der Waals surface area contributed by atoms with E-state index in [2.05, 4.69) is 0 Å². The quantitative estimate of drug-likeness (QED) is 0.719. The zero-order valence-electron chi connectivity index (χ0n) is 14.6. The average Bonchev–Trinajstić information content (AvgIpc) is 2.56. The molecule has 0 aromatic heterocycles. The van der Waals surface area contributed by atoms with Crippen LogP contribution in [-0.4, -0.2) is 11.7 Å². The number of benzene rings is 2. The third kappa shape index (κ3) is 4.79. The van der Waals surface area contributed by atoms with Crippen LogP contribution in [0.4, 0.5) is 11.4 Å². The Bertz CT molecular complexity index is 625. The summed E-state index contributed by atoms with van der Waals surface area (Å²) in [5.74, 6) is 0.0623. The highest BCUT2D eigenvalue weighted by atomic mass is 16.2. The van der Waals surface area contributed by atoms with Crippen molar-refractivity contribution in [3.63, 3.8) is 0 Å². The first-order chi connectivity index (χ1) is 11.5. The van der Waals surface area contributed by atoms with Gasteiger partial charge in [0.1, 0.15) is 5.78 Å². The number of carbonyl (C=O) groups is 2. The fraction of sp³-hybridized carbons (Fsp3) is 0.333. The lowest BCUT2D eigenvalue weighted by molar-refractivity contribution is -0.127. The van der Waals surface area contributed by atoms with Crippen molar-refractivity contribution in [1.29, 1.82) is 0 Å². The van der Waals surface area contributed by atoms with E-state index in [0.29, 0.717) is 12.3 Å². The molecule has 24 heavy (non-hydrogen) atoms. The topological polar surface area (TPSA) is 37.4 Å². The molecule has 0 aliphatic carbocycles. The number of amides is 1. The van der Waals surface area contributed by atoms with E-state index in [-0.39, 0.29) is 24.0 Å². The predicted molar refractivity (Wildman–Crippen MR) is 98.3 cm³/mol. The van der Waals surface area contributed by atoms with Gasteiger partial charge < -0.3 is 0 Å². The molecule has 0 saturated carbocycles. The molecule has 3 nitrogen and oxygen atoms in total. The molecule has 2 aromatic rings. The minimum Gasteiger partial charge on any atom is -0.300 e. The molecule has 0 unspecified atom stereocenters. The van der Waals surface area contributed by atoms with Crippen molar-refractivity contribution in [2.24, 2.45) is 11.8 Å². The normalized spacial score (nSPS) is 12.0. The summed E-state index contributed by atoms with van der Waals surface area (Å²) in [5, 5.41) is 0. The molecule has 0 radical (unpaired) electrons. The van der Waals surface area contributed by atoms with Gasteiger partial charge in [0.2, 0.25) is 5.91 Å². The minimum atomic E-state index is -0.350. The molecule has 2 rings (SSSR count). The highest BCUT2D eigenvalue weighted by Crippen LogP contribution is 2.28. The van der Waals surface area contributed by atoms with Crippen molar-refractivity contribution >= 4 is 23.1 Å². The fourth-order valence-corrected chi connectivity index (χ4v) is 2.75. The Hall–Kier alpha value is -2.42. The van der Waals surface area contributed by atoms with E-state index in [1.54, 1.807) is 4.90 Å². The molecular weight excluding hydrogens is 298 g/mol. The Labute approximate surface area is 144 Å². The van der Waals surface area contributed by atoms with Gasteiger partial charge in [-0.25, -0.2) is 0 Å². The van der Waals surface area contributed by atoms with Gasteiger partial charge in [0.05, 0.1) is 0 Å². The molecule has 1 atom stereocenters. The molecule has 0 fully saturated rings. The molecule has 0 saturated heterocycles. The van der Waals surface area contributed by atoms with Crippen LogP contribution >= 0.6 is 0 Å².